The van der Waals surface area contributed by atoms with Crippen LogP contribution in [0.2, 0.25) is 0 Å². The molecule has 1 unspecified atom stereocenters. The van der Waals surface area contributed by atoms with Gasteiger partial charge in [0.25, 0.3) is 0 Å². The van der Waals surface area contributed by atoms with Gasteiger partial charge in [-0.3, -0.25) is 4.90 Å². The summed E-state index contributed by atoms with van der Waals surface area (Å²) in [7, 11) is 0. The number of benzene rings is 3. The van der Waals surface area contributed by atoms with Gasteiger partial charge in [0.1, 0.15) is 5.82 Å². The average Bonchev–Trinajstić information content (AvgIpc) is 3.15. The van der Waals surface area contributed by atoms with E-state index in [0.29, 0.717) is 13.2 Å². The van der Waals surface area contributed by atoms with Crippen molar-refractivity contribution in [3.05, 3.63) is 95.8 Å². The van der Waals surface area contributed by atoms with Crippen molar-refractivity contribution < 1.29 is 9.13 Å². The van der Waals surface area contributed by atoms with Crippen molar-refractivity contribution in [1.29, 1.82) is 0 Å². The molecule has 0 saturated carbocycles. The summed E-state index contributed by atoms with van der Waals surface area (Å²) in [6.45, 7) is 3.01. The SMILES string of the molecule is Fc1cccc(C(c2c(-c3ccccc3)[nH]c3ccccc23)N2CCOCC2)c1. The summed E-state index contributed by atoms with van der Waals surface area (Å²) >= 11 is 0. The summed E-state index contributed by atoms with van der Waals surface area (Å²) in [6, 6.07) is 25.7. The molecule has 5 rings (SSSR count). The lowest BCUT2D eigenvalue weighted by Crippen LogP contribution is -2.39. The Hall–Kier alpha value is -2.95. The van der Waals surface area contributed by atoms with Crippen LogP contribution in [0, 0.1) is 5.82 Å². The number of halogens is 1. The third-order valence-corrected chi connectivity index (χ3v) is 5.66. The van der Waals surface area contributed by atoms with Crippen molar-refractivity contribution in [3.63, 3.8) is 0 Å². The predicted octanol–water partition coefficient (Wildman–Crippen LogP) is 5.40. The van der Waals surface area contributed by atoms with E-state index in [0.717, 1.165) is 35.4 Å². The van der Waals surface area contributed by atoms with Crippen molar-refractivity contribution in [1.82, 2.24) is 9.88 Å². The van der Waals surface area contributed by atoms with E-state index in [9.17, 15) is 4.39 Å². The molecule has 1 atom stereocenters. The number of hydrogen-bond donors (Lipinski definition) is 1. The van der Waals surface area contributed by atoms with Crippen LogP contribution in [-0.4, -0.2) is 36.2 Å². The van der Waals surface area contributed by atoms with Gasteiger partial charge in [0.2, 0.25) is 0 Å². The molecule has 0 spiro atoms. The maximum Gasteiger partial charge on any atom is 0.123 e. The number of H-pyrrole nitrogens is 1. The minimum absolute atomic E-state index is 0.0547. The first-order valence-electron chi connectivity index (χ1n) is 10.0. The molecule has 29 heavy (non-hydrogen) atoms. The van der Waals surface area contributed by atoms with Gasteiger partial charge in [0, 0.05) is 29.6 Å². The van der Waals surface area contributed by atoms with Crippen LogP contribution in [0.15, 0.2) is 78.9 Å². The van der Waals surface area contributed by atoms with E-state index in [-0.39, 0.29) is 11.9 Å². The summed E-state index contributed by atoms with van der Waals surface area (Å²) in [6.07, 6.45) is 0. The fraction of sp³-hybridized carbons (Fsp3) is 0.200. The molecule has 0 bridgehead atoms. The Bertz CT molecular complexity index is 1120. The van der Waals surface area contributed by atoms with Gasteiger partial charge in [0.15, 0.2) is 0 Å². The standard InChI is InChI=1S/C25H23FN2O/c26-20-10-6-9-19(17-20)25(28-13-15-29-16-14-28)23-21-11-4-5-12-22(21)27-24(23)18-7-2-1-3-8-18/h1-12,17,25,27H,13-16H2. The maximum atomic E-state index is 14.2. The van der Waals surface area contributed by atoms with Gasteiger partial charge in [-0.1, -0.05) is 60.7 Å². The van der Waals surface area contributed by atoms with Gasteiger partial charge in [-0.05, 0) is 29.3 Å². The number of nitrogens with zero attached hydrogens (tertiary/aromatic N) is 1. The fourth-order valence-electron chi connectivity index (χ4n) is 4.35. The van der Waals surface area contributed by atoms with Gasteiger partial charge >= 0.3 is 0 Å². The van der Waals surface area contributed by atoms with Crippen molar-refractivity contribution >= 4 is 10.9 Å². The van der Waals surface area contributed by atoms with Gasteiger partial charge in [-0.25, -0.2) is 4.39 Å². The van der Waals surface area contributed by atoms with Crippen LogP contribution in [0.5, 0.6) is 0 Å². The lowest BCUT2D eigenvalue weighted by Gasteiger charge is -2.35. The quantitative estimate of drug-likeness (QED) is 0.509. The van der Waals surface area contributed by atoms with E-state index in [1.54, 1.807) is 12.1 Å². The molecule has 0 amide bonds. The Morgan fingerprint density at radius 1 is 0.862 bits per heavy atom. The molecule has 1 fully saturated rings. The molecule has 2 heterocycles. The number of ether oxygens (including phenoxy) is 1. The minimum Gasteiger partial charge on any atom is -0.379 e. The Morgan fingerprint density at radius 2 is 1.62 bits per heavy atom. The molecular formula is C25H23FN2O. The van der Waals surface area contributed by atoms with E-state index in [4.69, 9.17) is 4.74 Å². The Balaban J connectivity index is 1.77. The van der Waals surface area contributed by atoms with Crippen LogP contribution in [0.3, 0.4) is 0 Å². The van der Waals surface area contributed by atoms with E-state index in [2.05, 4.69) is 52.3 Å². The van der Waals surface area contributed by atoms with Crippen LogP contribution in [0.4, 0.5) is 4.39 Å². The first-order valence-corrected chi connectivity index (χ1v) is 10.0. The Labute approximate surface area is 169 Å². The largest absolute Gasteiger partial charge is 0.379 e. The van der Waals surface area contributed by atoms with Crippen LogP contribution < -0.4 is 0 Å². The zero-order valence-electron chi connectivity index (χ0n) is 16.1. The molecule has 1 aromatic heterocycles. The van der Waals surface area contributed by atoms with Crippen molar-refractivity contribution in [3.8, 4) is 11.3 Å². The molecule has 1 aliphatic rings. The highest BCUT2D eigenvalue weighted by molar-refractivity contribution is 5.91. The highest BCUT2D eigenvalue weighted by atomic mass is 19.1. The molecule has 3 aromatic carbocycles. The van der Waals surface area contributed by atoms with Gasteiger partial charge in [0.05, 0.1) is 24.9 Å². The number of morpholine rings is 1. The van der Waals surface area contributed by atoms with E-state index in [1.807, 2.05) is 18.2 Å². The van der Waals surface area contributed by atoms with Crippen molar-refractivity contribution in [2.75, 3.05) is 26.3 Å². The molecular weight excluding hydrogens is 363 g/mol. The van der Waals surface area contributed by atoms with Gasteiger partial charge < -0.3 is 9.72 Å². The number of rotatable bonds is 4. The third-order valence-electron chi connectivity index (χ3n) is 5.66. The molecule has 146 valence electrons. The van der Waals surface area contributed by atoms with E-state index >= 15 is 0 Å². The molecule has 0 radical (unpaired) electrons. The summed E-state index contributed by atoms with van der Waals surface area (Å²) in [4.78, 5) is 6.04. The monoisotopic (exact) mass is 386 g/mol. The topological polar surface area (TPSA) is 28.3 Å². The molecule has 3 nitrogen and oxygen atoms in total. The minimum atomic E-state index is -0.207. The maximum absolute atomic E-state index is 14.2. The number of aromatic amines is 1. The van der Waals surface area contributed by atoms with Crippen LogP contribution >= 0.6 is 0 Å². The molecule has 1 saturated heterocycles. The summed E-state index contributed by atoms with van der Waals surface area (Å²) in [5, 5.41) is 1.17. The predicted molar refractivity (Wildman–Crippen MR) is 114 cm³/mol. The fourth-order valence-corrected chi connectivity index (χ4v) is 4.35. The number of aromatic nitrogens is 1. The average molecular weight is 386 g/mol. The highest BCUT2D eigenvalue weighted by Crippen LogP contribution is 2.40. The second kappa shape index (κ2) is 7.82. The van der Waals surface area contributed by atoms with Crippen LogP contribution in [0.25, 0.3) is 22.2 Å². The summed E-state index contributed by atoms with van der Waals surface area (Å²) in [5.41, 5.74) is 5.48. The number of hydrogen-bond acceptors (Lipinski definition) is 2. The molecule has 0 aliphatic carbocycles. The zero-order chi connectivity index (χ0) is 19.6. The van der Waals surface area contributed by atoms with Crippen molar-refractivity contribution in [2.24, 2.45) is 0 Å². The summed E-state index contributed by atoms with van der Waals surface area (Å²) in [5.74, 6) is -0.207. The van der Waals surface area contributed by atoms with Gasteiger partial charge in [-0.15, -0.1) is 0 Å². The number of fused-ring (bicyclic) bond motifs is 1. The van der Waals surface area contributed by atoms with Crippen LogP contribution in [-0.2, 0) is 4.74 Å². The second-order valence-corrected chi connectivity index (χ2v) is 7.43. The Kier molecular flexibility index (Phi) is 4.88. The molecule has 4 heteroatoms. The number of nitrogens with one attached hydrogen (secondary N) is 1. The van der Waals surface area contributed by atoms with Crippen LogP contribution in [0.1, 0.15) is 17.2 Å². The first kappa shape index (κ1) is 18.1. The smallest absolute Gasteiger partial charge is 0.123 e. The normalized spacial score (nSPS) is 16.2. The van der Waals surface area contributed by atoms with E-state index < -0.39 is 0 Å². The lowest BCUT2D eigenvalue weighted by atomic mass is 9.92. The van der Waals surface area contributed by atoms with E-state index in [1.165, 1.54) is 17.0 Å². The molecule has 1 aliphatic heterocycles. The zero-order valence-corrected chi connectivity index (χ0v) is 16.1. The third kappa shape index (κ3) is 3.46. The second-order valence-electron chi connectivity index (χ2n) is 7.43. The van der Waals surface area contributed by atoms with Crippen molar-refractivity contribution in [2.45, 2.75) is 6.04 Å². The lowest BCUT2D eigenvalue weighted by molar-refractivity contribution is 0.0242. The molecule has 1 N–H and O–H groups in total. The summed E-state index contributed by atoms with van der Waals surface area (Å²) < 4.78 is 19.8. The first-order chi connectivity index (χ1) is 14.3. The molecule has 4 aromatic rings. The number of para-hydroxylation sites is 1. The Morgan fingerprint density at radius 3 is 2.41 bits per heavy atom. The highest BCUT2D eigenvalue weighted by Gasteiger charge is 2.29. The van der Waals surface area contributed by atoms with Gasteiger partial charge in [-0.2, -0.15) is 0 Å².